The van der Waals surface area contributed by atoms with Crippen LogP contribution in [0.15, 0.2) is 78.9 Å². The van der Waals surface area contributed by atoms with E-state index in [1.165, 1.54) is 18.2 Å². The summed E-state index contributed by atoms with van der Waals surface area (Å²) in [5, 5.41) is 2.76. The van der Waals surface area contributed by atoms with Crippen LogP contribution in [0.25, 0.3) is 6.08 Å². The van der Waals surface area contributed by atoms with Crippen molar-refractivity contribution in [2.45, 2.75) is 0 Å². The number of amides is 1. The first kappa shape index (κ1) is 18.2. The summed E-state index contributed by atoms with van der Waals surface area (Å²) in [6.45, 7) is 0. The first-order chi connectivity index (χ1) is 13.1. The van der Waals surface area contributed by atoms with Crippen molar-refractivity contribution >= 4 is 17.7 Å². The van der Waals surface area contributed by atoms with Crippen LogP contribution in [0.1, 0.15) is 5.56 Å². The summed E-state index contributed by atoms with van der Waals surface area (Å²) in [5.41, 5.74) is 1.38. The second-order valence-corrected chi connectivity index (χ2v) is 5.68. The Hall–Kier alpha value is -3.60. The summed E-state index contributed by atoms with van der Waals surface area (Å²) >= 11 is 0. The van der Waals surface area contributed by atoms with Gasteiger partial charge in [-0.05, 0) is 60.2 Å². The van der Waals surface area contributed by atoms with Crippen molar-refractivity contribution in [2.24, 2.45) is 0 Å². The molecule has 0 aliphatic heterocycles. The SMILES string of the molecule is COc1cccc(Oc2ccc(NC(=O)/C=C/c3ccc(F)cc3)cc2)c1. The van der Waals surface area contributed by atoms with Gasteiger partial charge in [-0.25, -0.2) is 4.39 Å². The summed E-state index contributed by atoms with van der Waals surface area (Å²) < 4.78 is 23.8. The molecule has 3 aromatic rings. The van der Waals surface area contributed by atoms with Crippen LogP contribution < -0.4 is 14.8 Å². The summed E-state index contributed by atoms with van der Waals surface area (Å²) in [7, 11) is 1.60. The Morgan fingerprint density at radius 1 is 0.926 bits per heavy atom. The van der Waals surface area contributed by atoms with E-state index in [9.17, 15) is 9.18 Å². The first-order valence-electron chi connectivity index (χ1n) is 8.29. The highest BCUT2D eigenvalue weighted by atomic mass is 19.1. The zero-order valence-electron chi connectivity index (χ0n) is 14.7. The smallest absolute Gasteiger partial charge is 0.248 e. The van der Waals surface area contributed by atoms with Crippen LogP contribution >= 0.6 is 0 Å². The summed E-state index contributed by atoms with van der Waals surface area (Å²) in [5.74, 6) is 1.43. The Morgan fingerprint density at radius 3 is 2.33 bits per heavy atom. The number of anilines is 1. The second kappa shape index (κ2) is 8.67. The van der Waals surface area contributed by atoms with Crippen LogP contribution in [0, 0.1) is 5.82 Å². The normalized spacial score (nSPS) is 10.6. The number of hydrogen-bond acceptors (Lipinski definition) is 3. The molecule has 0 unspecified atom stereocenters. The van der Waals surface area contributed by atoms with Crippen molar-refractivity contribution in [3.63, 3.8) is 0 Å². The molecule has 27 heavy (non-hydrogen) atoms. The molecule has 0 saturated carbocycles. The minimum absolute atomic E-state index is 0.277. The van der Waals surface area contributed by atoms with Gasteiger partial charge in [0, 0.05) is 17.8 Å². The Morgan fingerprint density at radius 2 is 1.63 bits per heavy atom. The van der Waals surface area contributed by atoms with Gasteiger partial charge in [-0.15, -0.1) is 0 Å². The molecule has 0 spiro atoms. The average Bonchev–Trinajstić information content (AvgIpc) is 2.69. The highest BCUT2D eigenvalue weighted by Crippen LogP contribution is 2.26. The van der Waals surface area contributed by atoms with Crippen LogP contribution in [0.4, 0.5) is 10.1 Å². The number of hydrogen-bond donors (Lipinski definition) is 1. The molecule has 136 valence electrons. The quantitative estimate of drug-likeness (QED) is 0.606. The molecule has 0 aromatic heterocycles. The van der Waals surface area contributed by atoms with Gasteiger partial charge >= 0.3 is 0 Å². The average molecular weight is 363 g/mol. The number of halogens is 1. The van der Waals surface area contributed by atoms with Crippen molar-refractivity contribution in [1.29, 1.82) is 0 Å². The molecule has 0 aliphatic carbocycles. The topological polar surface area (TPSA) is 47.6 Å². The lowest BCUT2D eigenvalue weighted by Crippen LogP contribution is -2.07. The fourth-order valence-corrected chi connectivity index (χ4v) is 2.34. The zero-order chi connectivity index (χ0) is 19.1. The Kier molecular flexibility index (Phi) is 5.84. The van der Waals surface area contributed by atoms with Gasteiger partial charge in [0.25, 0.3) is 0 Å². The first-order valence-corrected chi connectivity index (χ1v) is 8.29. The van der Waals surface area contributed by atoms with Gasteiger partial charge in [0.2, 0.25) is 5.91 Å². The molecule has 4 nitrogen and oxygen atoms in total. The van der Waals surface area contributed by atoms with E-state index in [1.807, 2.05) is 18.2 Å². The van der Waals surface area contributed by atoms with Crippen LogP contribution in [0.5, 0.6) is 17.2 Å². The predicted molar refractivity (Wildman–Crippen MR) is 104 cm³/mol. The van der Waals surface area contributed by atoms with Gasteiger partial charge < -0.3 is 14.8 Å². The van der Waals surface area contributed by atoms with Crippen LogP contribution in [-0.4, -0.2) is 13.0 Å². The van der Waals surface area contributed by atoms with Gasteiger partial charge in [0.05, 0.1) is 7.11 Å². The van der Waals surface area contributed by atoms with E-state index in [-0.39, 0.29) is 11.7 Å². The van der Waals surface area contributed by atoms with Crippen LogP contribution in [-0.2, 0) is 4.79 Å². The third-order valence-electron chi connectivity index (χ3n) is 3.70. The molecule has 0 saturated heterocycles. The largest absolute Gasteiger partial charge is 0.497 e. The highest BCUT2D eigenvalue weighted by molar-refractivity contribution is 6.01. The van der Waals surface area contributed by atoms with Crippen molar-refractivity contribution in [3.05, 3.63) is 90.3 Å². The van der Waals surface area contributed by atoms with Gasteiger partial charge in [0.1, 0.15) is 23.1 Å². The van der Waals surface area contributed by atoms with E-state index < -0.39 is 0 Å². The number of benzene rings is 3. The molecule has 0 fully saturated rings. The number of carbonyl (C=O) groups is 1. The molecular formula is C22H18FNO3. The fraction of sp³-hybridized carbons (Fsp3) is 0.0455. The minimum Gasteiger partial charge on any atom is -0.497 e. The molecule has 1 N–H and O–H groups in total. The van der Waals surface area contributed by atoms with E-state index in [0.717, 1.165) is 5.56 Å². The Bertz CT molecular complexity index is 935. The van der Waals surface area contributed by atoms with E-state index >= 15 is 0 Å². The third-order valence-corrected chi connectivity index (χ3v) is 3.70. The monoisotopic (exact) mass is 363 g/mol. The predicted octanol–water partition coefficient (Wildman–Crippen LogP) is 5.28. The van der Waals surface area contributed by atoms with E-state index in [2.05, 4.69) is 5.32 Å². The molecule has 0 aliphatic rings. The third kappa shape index (κ3) is 5.44. The molecule has 3 rings (SSSR count). The molecule has 3 aromatic carbocycles. The lowest BCUT2D eigenvalue weighted by Gasteiger charge is -2.08. The second-order valence-electron chi connectivity index (χ2n) is 5.68. The van der Waals surface area contributed by atoms with Crippen molar-refractivity contribution in [1.82, 2.24) is 0 Å². The summed E-state index contributed by atoms with van der Waals surface area (Å²) in [6.07, 6.45) is 3.02. The standard InChI is InChI=1S/C22H18FNO3/c1-26-20-3-2-4-21(15-20)27-19-12-10-18(11-13-19)24-22(25)14-7-16-5-8-17(23)9-6-16/h2-15H,1H3,(H,24,25)/b14-7+. The van der Waals surface area contributed by atoms with Gasteiger partial charge in [-0.1, -0.05) is 18.2 Å². The highest BCUT2D eigenvalue weighted by Gasteiger charge is 2.02. The van der Waals surface area contributed by atoms with E-state index in [0.29, 0.717) is 22.9 Å². The number of ether oxygens (including phenoxy) is 2. The van der Waals surface area contributed by atoms with E-state index in [1.54, 1.807) is 55.7 Å². The van der Waals surface area contributed by atoms with Crippen LogP contribution in [0.3, 0.4) is 0 Å². The van der Waals surface area contributed by atoms with Crippen molar-refractivity contribution in [3.8, 4) is 17.2 Å². The van der Waals surface area contributed by atoms with Gasteiger partial charge in [0.15, 0.2) is 0 Å². The van der Waals surface area contributed by atoms with E-state index in [4.69, 9.17) is 9.47 Å². The molecule has 5 heteroatoms. The minimum atomic E-state index is -0.312. The van der Waals surface area contributed by atoms with Gasteiger partial charge in [-0.3, -0.25) is 4.79 Å². The molecule has 1 amide bonds. The maximum absolute atomic E-state index is 12.9. The lowest BCUT2D eigenvalue weighted by molar-refractivity contribution is -0.111. The van der Waals surface area contributed by atoms with Gasteiger partial charge in [-0.2, -0.15) is 0 Å². The molecular weight excluding hydrogens is 345 g/mol. The number of rotatable bonds is 6. The molecule has 0 bridgehead atoms. The fourth-order valence-electron chi connectivity index (χ4n) is 2.34. The Labute approximate surface area is 156 Å². The maximum Gasteiger partial charge on any atom is 0.248 e. The number of methoxy groups -OCH3 is 1. The molecule has 0 heterocycles. The van der Waals surface area contributed by atoms with Crippen molar-refractivity contribution < 1.29 is 18.7 Å². The van der Waals surface area contributed by atoms with Crippen LogP contribution in [0.2, 0.25) is 0 Å². The Balaban J connectivity index is 1.58. The maximum atomic E-state index is 12.9. The summed E-state index contributed by atoms with van der Waals surface area (Å²) in [4.78, 5) is 12.0. The lowest BCUT2D eigenvalue weighted by atomic mass is 10.2. The molecule has 0 atom stereocenters. The number of nitrogens with one attached hydrogen (secondary N) is 1. The summed E-state index contributed by atoms with van der Waals surface area (Å²) in [6, 6.07) is 20.2. The van der Waals surface area contributed by atoms with Crippen molar-refractivity contribution in [2.75, 3.05) is 12.4 Å². The molecule has 0 radical (unpaired) electrons. The number of carbonyl (C=O) groups excluding carboxylic acids is 1. The zero-order valence-corrected chi connectivity index (χ0v) is 14.7.